The van der Waals surface area contributed by atoms with Crippen LogP contribution in [0.4, 0.5) is 0 Å². The molecule has 0 fully saturated rings. The lowest BCUT2D eigenvalue weighted by Crippen LogP contribution is -2.35. The van der Waals surface area contributed by atoms with Crippen molar-refractivity contribution in [3.05, 3.63) is 0 Å². The third kappa shape index (κ3) is 7.89. The summed E-state index contributed by atoms with van der Waals surface area (Å²) in [5.74, 6) is 1.41. The number of carboxylic acids is 1. The minimum Gasteiger partial charge on any atom is -0.481 e. The van der Waals surface area contributed by atoms with Crippen molar-refractivity contribution in [1.29, 1.82) is 0 Å². The zero-order valence-electron chi connectivity index (χ0n) is 8.66. The fourth-order valence-electron chi connectivity index (χ4n) is 0.953. The first-order valence-electron chi connectivity index (χ1n) is 4.65. The van der Waals surface area contributed by atoms with E-state index >= 15 is 0 Å². The van der Waals surface area contributed by atoms with Gasteiger partial charge in [0.1, 0.15) is 0 Å². The number of carbonyl (C=O) groups is 2. The monoisotopic (exact) mass is 229 g/mol. The standard InChI is InChI=1S/C10H15NO3S/c1-3-5-8(4-2)11-9(12)6-15-7-10(13)14/h2,8H,3,5-7H2,1H3,(H,11,12)(H,13,14). The van der Waals surface area contributed by atoms with Crippen LogP contribution in [-0.2, 0) is 9.59 Å². The molecule has 84 valence electrons. The summed E-state index contributed by atoms with van der Waals surface area (Å²) in [6, 6.07) is -0.243. The molecule has 0 radical (unpaired) electrons. The van der Waals surface area contributed by atoms with Gasteiger partial charge in [-0.3, -0.25) is 9.59 Å². The molecule has 0 aliphatic carbocycles. The Hall–Kier alpha value is -1.15. The molecule has 0 heterocycles. The lowest BCUT2D eigenvalue weighted by molar-refractivity contribution is -0.133. The number of carboxylic acid groups (broad SMARTS) is 1. The van der Waals surface area contributed by atoms with Gasteiger partial charge in [0.25, 0.3) is 0 Å². The van der Waals surface area contributed by atoms with Crippen LogP contribution in [0.3, 0.4) is 0 Å². The maximum atomic E-state index is 11.2. The molecule has 0 saturated heterocycles. The van der Waals surface area contributed by atoms with Gasteiger partial charge in [-0.05, 0) is 6.42 Å². The van der Waals surface area contributed by atoms with Gasteiger partial charge in [0, 0.05) is 0 Å². The molecule has 15 heavy (non-hydrogen) atoms. The summed E-state index contributed by atoms with van der Waals surface area (Å²) < 4.78 is 0. The minimum absolute atomic E-state index is 0.0675. The number of nitrogens with one attached hydrogen (secondary N) is 1. The molecule has 0 aliphatic heterocycles. The van der Waals surface area contributed by atoms with E-state index < -0.39 is 5.97 Å². The summed E-state index contributed by atoms with van der Waals surface area (Å²) in [6.07, 6.45) is 6.86. The molecule has 0 aromatic rings. The van der Waals surface area contributed by atoms with Crippen LogP contribution in [0, 0.1) is 12.3 Å². The Morgan fingerprint density at radius 3 is 2.67 bits per heavy atom. The van der Waals surface area contributed by atoms with Gasteiger partial charge in [0.2, 0.25) is 5.91 Å². The Morgan fingerprint density at radius 2 is 2.20 bits per heavy atom. The van der Waals surface area contributed by atoms with E-state index in [0.29, 0.717) is 0 Å². The van der Waals surface area contributed by atoms with E-state index in [0.717, 1.165) is 24.6 Å². The van der Waals surface area contributed by atoms with E-state index in [4.69, 9.17) is 11.5 Å². The topological polar surface area (TPSA) is 66.4 Å². The van der Waals surface area contributed by atoms with Gasteiger partial charge in [0.05, 0.1) is 17.5 Å². The van der Waals surface area contributed by atoms with Crippen LogP contribution in [0.15, 0.2) is 0 Å². The maximum absolute atomic E-state index is 11.2. The maximum Gasteiger partial charge on any atom is 0.313 e. The zero-order chi connectivity index (χ0) is 11.7. The van der Waals surface area contributed by atoms with Crippen LogP contribution in [0.5, 0.6) is 0 Å². The molecular formula is C10H15NO3S. The van der Waals surface area contributed by atoms with Crippen LogP contribution in [-0.4, -0.2) is 34.5 Å². The van der Waals surface area contributed by atoms with Crippen molar-refractivity contribution in [2.24, 2.45) is 0 Å². The minimum atomic E-state index is -0.921. The summed E-state index contributed by atoms with van der Waals surface area (Å²) in [4.78, 5) is 21.4. The van der Waals surface area contributed by atoms with E-state index in [-0.39, 0.29) is 23.5 Å². The van der Waals surface area contributed by atoms with Crippen molar-refractivity contribution in [1.82, 2.24) is 5.32 Å². The number of hydrogen-bond acceptors (Lipinski definition) is 3. The van der Waals surface area contributed by atoms with E-state index in [2.05, 4.69) is 11.2 Å². The molecule has 4 nitrogen and oxygen atoms in total. The van der Waals surface area contributed by atoms with Crippen LogP contribution in [0.25, 0.3) is 0 Å². The second-order valence-electron chi connectivity index (χ2n) is 2.96. The SMILES string of the molecule is C#CC(CCC)NC(=O)CSCC(=O)O. The number of carbonyl (C=O) groups excluding carboxylic acids is 1. The molecule has 0 aromatic carbocycles. The average Bonchev–Trinajstić information content (AvgIpc) is 2.16. The van der Waals surface area contributed by atoms with Gasteiger partial charge in [0.15, 0.2) is 0 Å². The predicted molar refractivity (Wildman–Crippen MR) is 60.6 cm³/mol. The summed E-state index contributed by atoms with van der Waals surface area (Å²) >= 11 is 1.06. The number of amides is 1. The fraction of sp³-hybridized carbons (Fsp3) is 0.600. The third-order valence-corrected chi connectivity index (χ3v) is 2.49. The summed E-state index contributed by atoms with van der Waals surface area (Å²) in [6.45, 7) is 1.98. The molecule has 5 heteroatoms. The van der Waals surface area contributed by atoms with Gasteiger partial charge >= 0.3 is 5.97 Å². The van der Waals surface area contributed by atoms with Gasteiger partial charge < -0.3 is 10.4 Å². The molecule has 0 aromatic heterocycles. The number of rotatable bonds is 7. The molecule has 1 atom stereocenters. The highest BCUT2D eigenvalue weighted by molar-refractivity contribution is 8.00. The van der Waals surface area contributed by atoms with E-state index in [1.807, 2.05) is 6.92 Å². The Labute approximate surface area is 93.8 Å². The first-order valence-corrected chi connectivity index (χ1v) is 5.80. The number of thioether (sulfide) groups is 1. The largest absolute Gasteiger partial charge is 0.481 e. The molecule has 0 rings (SSSR count). The number of hydrogen-bond donors (Lipinski definition) is 2. The molecule has 0 aliphatic rings. The summed E-state index contributed by atoms with van der Waals surface area (Å²) in [5.41, 5.74) is 0. The van der Waals surface area contributed by atoms with Crippen molar-refractivity contribution < 1.29 is 14.7 Å². The molecule has 0 spiro atoms. The van der Waals surface area contributed by atoms with Crippen LogP contribution >= 0.6 is 11.8 Å². The lowest BCUT2D eigenvalue weighted by Gasteiger charge is -2.11. The average molecular weight is 229 g/mol. The van der Waals surface area contributed by atoms with Crippen molar-refractivity contribution in [2.45, 2.75) is 25.8 Å². The summed E-state index contributed by atoms with van der Waals surface area (Å²) in [5, 5.41) is 11.0. The van der Waals surface area contributed by atoms with Gasteiger partial charge in [-0.25, -0.2) is 0 Å². The fourth-order valence-corrected chi connectivity index (χ4v) is 1.50. The van der Waals surface area contributed by atoms with Crippen LogP contribution < -0.4 is 5.32 Å². The quantitative estimate of drug-likeness (QED) is 0.631. The predicted octanol–water partition coefficient (Wildman–Crippen LogP) is 0.722. The Morgan fingerprint density at radius 1 is 1.53 bits per heavy atom. The van der Waals surface area contributed by atoms with Crippen molar-refractivity contribution in [2.75, 3.05) is 11.5 Å². The van der Waals surface area contributed by atoms with E-state index in [1.54, 1.807) is 0 Å². The van der Waals surface area contributed by atoms with Gasteiger partial charge in [-0.1, -0.05) is 19.3 Å². The molecule has 0 bridgehead atoms. The Balaban J connectivity index is 3.72. The number of terminal acetylenes is 1. The highest BCUT2D eigenvalue weighted by atomic mass is 32.2. The van der Waals surface area contributed by atoms with Crippen LogP contribution in [0.1, 0.15) is 19.8 Å². The summed E-state index contributed by atoms with van der Waals surface area (Å²) in [7, 11) is 0. The third-order valence-electron chi connectivity index (χ3n) is 1.57. The molecule has 0 saturated carbocycles. The molecule has 2 N–H and O–H groups in total. The van der Waals surface area contributed by atoms with Crippen molar-refractivity contribution in [3.63, 3.8) is 0 Å². The van der Waals surface area contributed by atoms with Crippen molar-refractivity contribution in [3.8, 4) is 12.3 Å². The van der Waals surface area contributed by atoms with E-state index in [1.165, 1.54) is 0 Å². The smallest absolute Gasteiger partial charge is 0.313 e. The van der Waals surface area contributed by atoms with Crippen molar-refractivity contribution >= 4 is 23.6 Å². The number of aliphatic carboxylic acids is 1. The normalized spacial score (nSPS) is 11.5. The molecule has 1 amide bonds. The second-order valence-corrected chi connectivity index (χ2v) is 3.95. The highest BCUT2D eigenvalue weighted by Crippen LogP contribution is 2.00. The second kappa shape index (κ2) is 8.18. The van der Waals surface area contributed by atoms with E-state index in [9.17, 15) is 9.59 Å². The lowest BCUT2D eigenvalue weighted by atomic mass is 10.2. The van der Waals surface area contributed by atoms with Gasteiger partial charge in [-0.2, -0.15) is 0 Å². The Bertz CT molecular complexity index is 260. The zero-order valence-corrected chi connectivity index (χ0v) is 9.47. The highest BCUT2D eigenvalue weighted by Gasteiger charge is 2.09. The molecule has 1 unspecified atom stereocenters. The first kappa shape index (κ1) is 13.8. The molecular weight excluding hydrogens is 214 g/mol. The van der Waals surface area contributed by atoms with Crippen LogP contribution in [0.2, 0.25) is 0 Å². The first-order chi connectivity index (χ1) is 7.10. The Kier molecular flexibility index (Phi) is 7.56. The van der Waals surface area contributed by atoms with Gasteiger partial charge in [-0.15, -0.1) is 18.2 Å².